The van der Waals surface area contributed by atoms with Crippen LogP contribution in [-0.2, 0) is 15.3 Å². The van der Waals surface area contributed by atoms with Crippen LogP contribution in [0.1, 0.15) is 18.4 Å². The summed E-state index contributed by atoms with van der Waals surface area (Å²) in [5.74, 6) is 0. The van der Waals surface area contributed by atoms with Gasteiger partial charge in [-0.3, -0.25) is 0 Å². The first-order valence-electron chi connectivity index (χ1n) is 4.93. The number of rotatable bonds is 7. The molecule has 0 saturated carbocycles. The lowest BCUT2D eigenvalue weighted by atomic mass is 10.2. The standard InChI is InChI=1S/C10H18O2SSi/c1-11-14(12-2)8-4-3-5-10-6-7-13-9-10/h6-7,9,14H,3-5,8H2,1-2H3. The summed E-state index contributed by atoms with van der Waals surface area (Å²) < 4.78 is 10.5. The van der Waals surface area contributed by atoms with Crippen LogP contribution in [0.2, 0.25) is 6.04 Å². The lowest BCUT2D eigenvalue weighted by molar-refractivity contribution is 0.276. The van der Waals surface area contributed by atoms with Crippen LogP contribution in [0.3, 0.4) is 0 Å². The summed E-state index contributed by atoms with van der Waals surface area (Å²) in [4.78, 5) is 0. The van der Waals surface area contributed by atoms with Crippen molar-refractivity contribution >= 4 is 20.6 Å². The molecule has 0 bridgehead atoms. The lowest BCUT2D eigenvalue weighted by Gasteiger charge is -2.09. The van der Waals surface area contributed by atoms with Crippen LogP contribution < -0.4 is 0 Å². The molecule has 80 valence electrons. The molecule has 0 atom stereocenters. The predicted octanol–water partition coefficient (Wildman–Crippen LogP) is 2.58. The first-order chi connectivity index (χ1) is 6.86. The lowest BCUT2D eigenvalue weighted by Crippen LogP contribution is -2.18. The number of hydrogen-bond acceptors (Lipinski definition) is 3. The van der Waals surface area contributed by atoms with Gasteiger partial charge in [-0.25, -0.2) is 0 Å². The van der Waals surface area contributed by atoms with Gasteiger partial charge in [-0.05, 0) is 41.3 Å². The maximum absolute atomic E-state index is 5.26. The maximum atomic E-state index is 5.26. The third-order valence-electron chi connectivity index (χ3n) is 2.26. The van der Waals surface area contributed by atoms with Crippen molar-refractivity contribution in [1.29, 1.82) is 0 Å². The van der Waals surface area contributed by atoms with Gasteiger partial charge in [0.25, 0.3) is 0 Å². The van der Waals surface area contributed by atoms with Crippen LogP contribution in [0.25, 0.3) is 0 Å². The molecule has 0 saturated heterocycles. The zero-order valence-corrected chi connectivity index (χ0v) is 10.8. The minimum absolute atomic E-state index is 1.12. The van der Waals surface area contributed by atoms with Crippen molar-refractivity contribution in [3.05, 3.63) is 22.4 Å². The summed E-state index contributed by atoms with van der Waals surface area (Å²) in [5, 5.41) is 4.36. The molecule has 1 heterocycles. The van der Waals surface area contributed by atoms with E-state index in [1.807, 2.05) is 0 Å². The molecule has 1 aromatic heterocycles. The van der Waals surface area contributed by atoms with Crippen LogP contribution in [0.15, 0.2) is 16.8 Å². The first kappa shape index (κ1) is 11.9. The van der Waals surface area contributed by atoms with E-state index in [1.54, 1.807) is 25.6 Å². The molecule has 0 unspecified atom stereocenters. The average molecular weight is 230 g/mol. The Morgan fingerprint density at radius 3 is 2.64 bits per heavy atom. The normalized spacial score (nSPS) is 11.1. The Morgan fingerprint density at radius 2 is 2.07 bits per heavy atom. The van der Waals surface area contributed by atoms with E-state index in [1.165, 1.54) is 24.8 Å². The van der Waals surface area contributed by atoms with Crippen molar-refractivity contribution in [2.45, 2.75) is 25.3 Å². The molecule has 2 nitrogen and oxygen atoms in total. The largest absolute Gasteiger partial charge is 0.400 e. The third-order valence-corrected chi connectivity index (χ3v) is 4.92. The molecule has 0 aliphatic rings. The molecule has 0 radical (unpaired) electrons. The Balaban J connectivity index is 2.04. The van der Waals surface area contributed by atoms with Gasteiger partial charge in [-0.1, -0.05) is 6.42 Å². The van der Waals surface area contributed by atoms with Gasteiger partial charge < -0.3 is 8.85 Å². The summed E-state index contributed by atoms with van der Waals surface area (Å²) in [7, 11) is 2.20. The fraction of sp³-hybridized carbons (Fsp3) is 0.600. The summed E-state index contributed by atoms with van der Waals surface area (Å²) in [6, 6.07) is 3.32. The highest BCUT2D eigenvalue weighted by molar-refractivity contribution is 7.07. The molecule has 0 amide bonds. The van der Waals surface area contributed by atoms with Crippen molar-refractivity contribution in [1.82, 2.24) is 0 Å². The summed E-state index contributed by atoms with van der Waals surface area (Å²) in [5.41, 5.74) is 1.46. The van der Waals surface area contributed by atoms with Crippen molar-refractivity contribution < 1.29 is 8.85 Å². The van der Waals surface area contributed by atoms with Crippen molar-refractivity contribution in [3.8, 4) is 0 Å². The highest BCUT2D eigenvalue weighted by Gasteiger charge is 2.07. The molecule has 14 heavy (non-hydrogen) atoms. The molecule has 0 spiro atoms. The van der Waals surface area contributed by atoms with Crippen molar-refractivity contribution in [3.63, 3.8) is 0 Å². The van der Waals surface area contributed by atoms with Crippen molar-refractivity contribution in [2.75, 3.05) is 14.2 Å². The first-order valence-corrected chi connectivity index (χ1v) is 7.63. The van der Waals surface area contributed by atoms with Gasteiger partial charge in [-0.15, -0.1) is 0 Å². The monoisotopic (exact) mass is 230 g/mol. The quantitative estimate of drug-likeness (QED) is 0.529. The van der Waals surface area contributed by atoms with Gasteiger partial charge in [0.2, 0.25) is 0 Å². The minimum Gasteiger partial charge on any atom is -0.400 e. The van der Waals surface area contributed by atoms with Crippen LogP contribution in [0, 0.1) is 0 Å². The second-order valence-corrected chi connectivity index (χ2v) is 6.44. The SMILES string of the molecule is CO[SiH](CCCCc1ccsc1)OC. The number of thiophene rings is 1. The molecule has 0 aliphatic heterocycles. The van der Waals surface area contributed by atoms with Gasteiger partial charge in [0.15, 0.2) is 0 Å². The van der Waals surface area contributed by atoms with E-state index in [2.05, 4.69) is 16.8 Å². The van der Waals surface area contributed by atoms with E-state index >= 15 is 0 Å². The van der Waals surface area contributed by atoms with Crippen LogP contribution in [0.5, 0.6) is 0 Å². The van der Waals surface area contributed by atoms with Gasteiger partial charge >= 0.3 is 9.28 Å². The summed E-state index contributed by atoms with van der Waals surface area (Å²) in [6.45, 7) is 0. The predicted molar refractivity (Wildman–Crippen MR) is 63.2 cm³/mol. The van der Waals surface area contributed by atoms with E-state index in [4.69, 9.17) is 8.85 Å². The number of aryl methyl sites for hydroxylation is 1. The van der Waals surface area contributed by atoms with Crippen LogP contribution in [-0.4, -0.2) is 23.5 Å². The Bertz CT molecular complexity index is 222. The topological polar surface area (TPSA) is 18.5 Å². The maximum Gasteiger partial charge on any atom is 0.320 e. The Labute approximate surface area is 91.7 Å². The van der Waals surface area contributed by atoms with E-state index in [-0.39, 0.29) is 0 Å². The minimum atomic E-state index is -1.30. The summed E-state index contributed by atoms with van der Waals surface area (Å²) >= 11 is 1.77. The molecule has 1 rings (SSSR count). The zero-order valence-electron chi connectivity index (χ0n) is 8.86. The molecule has 0 fully saturated rings. The van der Waals surface area contributed by atoms with E-state index in [0.717, 1.165) is 6.04 Å². The Kier molecular flexibility index (Phi) is 6.10. The molecule has 1 aromatic rings. The molecular weight excluding hydrogens is 212 g/mol. The molecule has 0 aromatic carbocycles. The Hall–Kier alpha value is -0.163. The highest BCUT2D eigenvalue weighted by atomic mass is 32.1. The fourth-order valence-electron chi connectivity index (χ4n) is 1.41. The van der Waals surface area contributed by atoms with Crippen molar-refractivity contribution in [2.24, 2.45) is 0 Å². The summed E-state index contributed by atoms with van der Waals surface area (Å²) in [6.07, 6.45) is 3.65. The second kappa shape index (κ2) is 7.17. The number of hydrogen-bond donors (Lipinski definition) is 0. The third kappa shape index (κ3) is 4.37. The smallest absolute Gasteiger partial charge is 0.320 e. The highest BCUT2D eigenvalue weighted by Crippen LogP contribution is 2.11. The second-order valence-electron chi connectivity index (χ2n) is 3.28. The van der Waals surface area contributed by atoms with E-state index in [9.17, 15) is 0 Å². The van der Waals surface area contributed by atoms with Gasteiger partial charge in [0.1, 0.15) is 0 Å². The van der Waals surface area contributed by atoms with Crippen LogP contribution in [0.4, 0.5) is 0 Å². The van der Waals surface area contributed by atoms with E-state index < -0.39 is 9.28 Å². The molecule has 0 N–H and O–H groups in total. The molecule has 0 aliphatic carbocycles. The Morgan fingerprint density at radius 1 is 1.29 bits per heavy atom. The average Bonchev–Trinajstić information content (AvgIpc) is 2.71. The van der Waals surface area contributed by atoms with Crippen LogP contribution >= 0.6 is 11.3 Å². The van der Waals surface area contributed by atoms with Gasteiger partial charge in [0, 0.05) is 14.2 Å². The molecular formula is C10H18O2SSi. The zero-order chi connectivity index (χ0) is 10.2. The molecule has 4 heteroatoms. The number of unbranched alkanes of at least 4 members (excludes halogenated alkanes) is 1. The van der Waals surface area contributed by atoms with Gasteiger partial charge in [0.05, 0.1) is 0 Å². The van der Waals surface area contributed by atoms with Gasteiger partial charge in [-0.2, -0.15) is 11.3 Å². The van der Waals surface area contributed by atoms with E-state index in [0.29, 0.717) is 0 Å². The fourth-order valence-corrected chi connectivity index (χ4v) is 3.40.